The van der Waals surface area contributed by atoms with Crippen LogP contribution in [0.1, 0.15) is 9.67 Å². The van der Waals surface area contributed by atoms with Gasteiger partial charge in [-0.3, -0.25) is 4.79 Å². The molecule has 0 bridgehead atoms. The third-order valence-corrected chi connectivity index (χ3v) is 6.07. The Morgan fingerprint density at radius 1 is 1.59 bits per heavy atom. The molecule has 0 radical (unpaired) electrons. The summed E-state index contributed by atoms with van der Waals surface area (Å²) >= 11 is 8.12. The van der Waals surface area contributed by atoms with Crippen LogP contribution in [0.2, 0.25) is 0 Å². The van der Waals surface area contributed by atoms with Gasteiger partial charge in [0, 0.05) is 24.6 Å². The fraction of sp³-hybridized carbons (Fsp3) is 0.500. The largest absolute Gasteiger partial charge is 0.390 e. The highest BCUT2D eigenvalue weighted by atomic mass is 79.9. The Morgan fingerprint density at radius 2 is 2.29 bits per heavy atom. The Balaban J connectivity index is 2.14. The molecule has 2 N–H and O–H groups in total. The zero-order valence-corrected chi connectivity index (χ0v) is 13.1. The van der Waals surface area contributed by atoms with Crippen molar-refractivity contribution in [1.82, 2.24) is 10.2 Å². The van der Waals surface area contributed by atoms with Gasteiger partial charge in [-0.05, 0) is 37.9 Å². The number of carbonyl (C=O) groups is 1. The molecule has 2 atom stereocenters. The van der Waals surface area contributed by atoms with Crippen LogP contribution in [0.4, 0.5) is 0 Å². The first kappa shape index (κ1) is 13.5. The fourth-order valence-corrected chi connectivity index (χ4v) is 3.84. The molecular weight excluding hydrogens is 372 g/mol. The van der Waals surface area contributed by atoms with Gasteiger partial charge in [-0.2, -0.15) is 0 Å². The van der Waals surface area contributed by atoms with Gasteiger partial charge in [-0.1, -0.05) is 0 Å². The van der Waals surface area contributed by atoms with Gasteiger partial charge in [-0.25, -0.2) is 0 Å². The lowest BCUT2D eigenvalue weighted by molar-refractivity contribution is 0.0585. The van der Waals surface area contributed by atoms with Gasteiger partial charge >= 0.3 is 0 Å². The number of halogens is 2. The first-order valence-corrected chi connectivity index (χ1v) is 7.51. The van der Waals surface area contributed by atoms with Gasteiger partial charge in [0.25, 0.3) is 5.91 Å². The van der Waals surface area contributed by atoms with E-state index in [2.05, 4.69) is 37.2 Å². The van der Waals surface area contributed by atoms with Gasteiger partial charge in [-0.15, -0.1) is 11.3 Å². The van der Waals surface area contributed by atoms with E-state index < -0.39 is 6.10 Å². The lowest BCUT2D eigenvalue weighted by atomic mass is 10.2. The topological polar surface area (TPSA) is 52.6 Å². The Morgan fingerprint density at radius 3 is 2.76 bits per heavy atom. The summed E-state index contributed by atoms with van der Waals surface area (Å²) in [5.41, 5.74) is 0. The molecule has 1 saturated heterocycles. The maximum absolute atomic E-state index is 12.2. The summed E-state index contributed by atoms with van der Waals surface area (Å²) in [5.74, 6) is -0.0610. The Kier molecular flexibility index (Phi) is 4.25. The average Bonchev–Trinajstić information content (AvgIpc) is 2.84. The molecule has 0 spiro atoms. The number of amides is 1. The lowest BCUT2D eigenvalue weighted by Gasteiger charge is -2.25. The molecule has 0 aliphatic carbocycles. The van der Waals surface area contributed by atoms with Crippen LogP contribution in [0.3, 0.4) is 0 Å². The Bertz CT molecular complexity index is 418. The van der Waals surface area contributed by atoms with Gasteiger partial charge in [0.05, 0.1) is 20.8 Å². The van der Waals surface area contributed by atoms with Crippen molar-refractivity contribution in [2.45, 2.75) is 12.1 Å². The molecule has 1 fully saturated rings. The van der Waals surface area contributed by atoms with Crippen LogP contribution in [0, 0.1) is 0 Å². The van der Waals surface area contributed by atoms with Crippen molar-refractivity contribution in [3.63, 3.8) is 0 Å². The number of nitrogens with zero attached hydrogens (tertiary/aromatic N) is 1. The number of nitrogens with one attached hydrogen (secondary N) is 1. The predicted octanol–water partition coefficient (Wildman–Crippen LogP) is 1.68. The number of aliphatic hydroxyl groups excluding tert-OH is 1. The second kappa shape index (κ2) is 5.36. The minimum Gasteiger partial charge on any atom is -0.390 e. The van der Waals surface area contributed by atoms with E-state index in [1.165, 1.54) is 11.3 Å². The number of hydrogen-bond acceptors (Lipinski definition) is 4. The number of β-amino-alcohol motifs (C(OH)–C–C–N with tert-alkyl or cyclic N) is 1. The summed E-state index contributed by atoms with van der Waals surface area (Å²) in [4.78, 5) is 14.5. The van der Waals surface area contributed by atoms with Crippen LogP contribution in [0.5, 0.6) is 0 Å². The second-order valence-electron chi connectivity index (χ2n) is 3.94. The van der Waals surface area contributed by atoms with Crippen LogP contribution in [0.15, 0.2) is 14.3 Å². The van der Waals surface area contributed by atoms with E-state index in [4.69, 9.17) is 0 Å². The highest BCUT2D eigenvalue weighted by Crippen LogP contribution is 2.33. The third kappa shape index (κ3) is 2.73. The van der Waals surface area contributed by atoms with Crippen LogP contribution >= 0.6 is 43.2 Å². The number of likely N-dealkylation sites (N-methyl/N-ethyl adjacent to an activating group) is 1. The number of hydrogen-bond donors (Lipinski definition) is 2. The van der Waals surface area contributed by atoms with E-state index in [1.54, 1.807) is 18.0 Å². The first-order valence-electron chi connectivity index (χ1n) is 5.11. The van der Waals surface area contributed by atoms with E-state index in [9.17, 15) is 9.90 Å². The molecular formula is C10H12Br2N2O2S. The smallest absolute Gasteiger partial charge is 0.264 e. The average molecular weight is 384 g/mol. The minimum absolute atomic E-state index is 0.0610. The van der Waals surface area contributed by atoms with E-state index in [0.717, 1.165) is 8.26 Å². The Labute approximate surface area is 120 Å². The minimum atomic E-state index is -0.490. The van der Waals surface area contributed by atoms with E-state index in [1.807, 2.05) is 0 Å². The van der Waals surface area contributed by atoms with E-state index in [0.29, 0.717) is 18.0 Å². The molecule has 17 heavy (non-hydrogen) atoms. The molecule has 1 aromatic heterocycles. The van der Waals surface area contributed by atoms with Crippen LogP contribution < -0.4 is 5.32 Å². The second-order valence-corrected chi connectivity index (χ2v) is 7.17. The van der Waals surface area contributed by atoms with Crippen molar-refractivity contribution in [2.75, 3.05) is 20.1 Å². The summed E-state index contributed by atoms with van der Waals surface area (Å²) in [6.07, 6.45) is -0.490. The lowest BCUT2D eigenvalue weighted by Crippen LogP contribution is -2.44. The number of aliphatic hydroxyl groups is 1. The molecule has 1 aliphatic heterocycles. The summed E-state index contributed by atoms with van der Waals surface area (Å²) in [7, 11) is 1.73. The normalized spacial score (nSPS) is 24.0. The maximum atomic E-state index is 12.2. The fourth-order valence-electron chi connectivity index (χ4n) is 1.82. The van der Waals surface area contributed by atoms with Crippen molar-refractivity contribution in [3.05, 3.63) is 19.2 Å². The first-order chi connectivity index (χ1) is 8.00. The monoisotopic (exact) mass is 382 g/mol. The standard InChI is InChI=1S/C10H12Br2N2O2S/c1-14(6-3-13-4-7(6)15)10(16)8-2-5(11)9(12)17-8/h2,6-7,13,15H,3-4H2,1H3/t6-,7-/m1/s1. The quantitative estimate of drug-likeness (QED) is 0.816. The SMILES string of the molecule is CN(C(=O)c1cc(Br)c(Br)s1)[C@@H]1CNC[C@H]1O. The van der Waals surface area contributed by atoms with Gasteiger partial charge < -0.3 is 15.3 Å². The summed E-state index contributed by atoms with van der Waals surface area (Å²) < 4.78 is 1.78. The Hall–Kier alpha value is 0.0500. The van der Waals surface area contributed by atoms with Crippen LogP contribution in [-0.4, -0.2) is 48.2 Å². The summed E-state index contributed by atoms with van der Waals surface area (Å²) in [6, 6.07) is 1.64. The molecule has 1 aliphatic rings. The number of thiophene rings is 1. The van der Waals surface area contributed by atoms with Crippen molar-refractivity contribution in [3.8, 4) is 0 Å². The molecule has 94 valence electrons. The highest BCUT2D eigenvalue weighted by molar-refractivity contribution is 9.13. The summed E-state index contributed by atoms with van der Waals surface area (Å²) in [6.45, 7) is 1.18. The van der Waals surface area contributed by atoms with Gasteiger partial charge in [0.15, 0.2) is 0 Å². The molecule has 0 aromatic carbocycles. The van der Waals surface area contributed by atoms with Gasteiger partial charge in [0.1, 0.15) is 0 Å². The summed E-state index contributed by atoms with van der Waals surface area (Å²) in [5, 5.41) is 12.8. The van der Waals surface area contributed by atoms with Crippen molar-refractivity contribution >= 4 is 49.1 Å². The number of carbonyl (C=O) groups excluding carboxylic acids is 1. The predicted molar refractivity (Wildman–Crippen MR) is 74.5 cm³/mol. The molecule has 2 heterocycles. The molecule has 0 saturated carbocycles. The zero-order valence-electron chi connectivity index (χ0n) is 9.11. The zero-order chi connectivity index (χ0) is 12.6. The van der Waals surface area contributed by atoms with E-state index >= 15 is 0 Å². The molecule has 7 heteroatoms. The van der Waals surface area contributed by atoms with Crippen molar-refractivity contribution < 1.29 is 9.90 Å². The highest BCUT2D eigenvalue weighted by Gasteiger charge is 2.32. The maximum Gasteiger partial charge on any atom is 0.264 e. The molecule has 0 unspecified atom stereocenters. The third-order valence-electron chi connectivity index (χ3n) is 2.82. The van der Waals surface area contributed by atoms with Crippen molar-refractivity contribution in [2.24, 2.45) is 0 Å². The number of rotatable bonds is 2. The van der Waals surface area contributed by atoms with Crippen molar-refractivity contribution in [1.29, 1.82) is 0 Å². The van der Waals surface area contributed by atoms with E-state index in [-0.39, 0.29) is 11.9 Å². The van der Waals surface area contributed by atoms with Crippen LogP contribution in [-0.2, 0) is 0 Å². The molecule has 1 amide bonds. The molecule has 2 rings (SSSR count). The van der Waals surface area contributed by atoms with Gasteiger partial charge in [0.2, 0.25) is 0 Å². The molecule has 4 nitrogen and oxygen atoms in total. The molecule has 1 aromatic rings. The van der Waals surface area contributed by atoms with Crippen LogP contribution in [0.25, 0.3) is 0 Å².